The molecule has 0 spiro atoms. The van der Waals surface area contributed by atoms with E-state index in [2.05, 4.69) is 9.97 Å². The van der Waals surface area contributed by atoms with Gasteiger partial charge in [0.2, 0.25) is 0 Å². The van der Waals surface area contributed by atoms with Crippen LogP contribution >= 0.6 is 0 Å². The Bertz CT molecular complexity index is 1130. The van der Waals surface area contributed by atoms with Crippen LogP contribution in [0.25, 0.3) is 11.2 Å². The number of aryl methyl sites for hydroxylation is 1. The van der Waals surface area contributed by atoms with E-state index >= 15 is 0 Å². The molecule has 0 unspecified atom stereocenters. The largest absolute Gasteiger partial charge is 0.416 e. The Morgan fingerprint density at radius 1 is 1.25 bits per heavy atom. The lowest BCUT2D eigenvalue weighted by molar-refractivity contribution is -0.137. The summed E-state index contributed by atoms with van der Waals surface area (Å²) in [5, 5.41) is 0. The number of hydrogen-bond donors (Lipinski definition) is 0. The van der Waals surface area contributed by atoms with Crippen LogP contribution in [0.1, 0.15) is 23.4 Å². The van der Waals surface area contributed by atoms with Crippen LogP contribution in [0.4, 0.5) is 18.0 Å². The van der Waals surface area contributed by atoms with Gasteiger partial charge in [-0.2, -0.15) is 13.2 Å². The summed E-state index contributed by atoms with van der Waals surface area (Å²) in [4.78, 5) is 35.0. The number of alkyl halides is 3. The van der Waals surface area contributed by atoms with Gasteiger partial charge in [0.05, 0.1) is 11.8 Å². The highest BCUT2D eigenvalue weighted by Crippen LogP contribution is 2.29. The van der Waals surface area contributed by atoms with Gasteiger partial charge in [-0.05, 0) is 18.1 Å². The number of hydrogen-bond acceptors (Lipinski definition) is 4. The minimum absolute atomic E-state index is 0.0688. The normalized spacial score (nSPS) is 14.4. The average molecular weight is 391 g/mol. The smallest absolute Gasteiger partial charge is 0.324 e. The van der Waals surface area contributed by atoms with Crippen molar-refractivity contribution in [3.05, 3.63) is 57.9 Å². The summed E-state index contributed by atoms with van der Waals surface area (Å²) in [5.74, 6) is 0.260. The van der Waals surface area contributed by atoms with E-state index in [1.807, 2.05) is 0 Å². The van der Waals surface area contributed by atoms with Crippen molar-refractivity contribution in [2.75, 3.05) is 13.1 Å². The van der Waals surface area contributed by atoms with Crippen molar-refractivity contribution in [1.29, 1.82) is 0 Å². The monoisotopic (exact) mass is 391 g/mol. The molecule has 3 aromatic rings. The van der Waals surface area contributed by atoms with Gasteiger partial charge in [0.15, 0.2) is 5.65 Å². The first-order valence-corrected chi connectivity index (χ1v) is 8.64. The second-order valence-corrected chi connectivity index (χ2v) is 6.67. The molecule has 0 saturated carbocycles. The number of likely N-dealkylation sites (tertiary alicyclic amines) is 1. The maximum Gasteiger partial charge on any atom is 0.416 e. The van der Waals surface area contributed by atoms with Crippen LogP contribution in [0.5, 0.6) is 0 Å². The predicted molar refractivity (Wildman–Crippen MR) is 94.0 cm³/mol. The lowest BCUT2D eigenvalue weighted by atomic mass is 10.1. The lowest BCUT2D eigenvalue weighted by Crippen LogP contribution is -2.47. The molecular formula is C18H16F3N5O2. The van der Waals surface area contributed by atoms with Crippen LogP contribution in [0.2, 0.25) is 0 Å². The van der Waals surface area contributed by atoms with Gasteiger partial charge in [-0.1, -0.05) is 18.2 Å². The molecule has 0 atom stereocenters. The molecule has 1 aromatic carbocycles. The highest BCUT2D eigenvalue weighted by atomic mass is 19.4. The summed E-state index contributed by atoms with van der Waals surface area (Å²) >= 11 is 0. The molecule has 0 radical (unpaired) electrons. The third-order valence-electron chi connectivity index (χ3n) is 4.77. The number of nitrogens with zero attached hydrogens (tertiary/aromatic N) is 5. The summed E-state index contributed by atoms with van der Waals surface area (Å²) < 4.78 is 40.9. The van der Waals surface area contributed by atoms with Crippen molar-refractivity contribution in [3.63, 3.8) is 0 Å². The number of halogens is 3. The molecule has 0 aliphatic carbocycles. The molecule has 7 nitrogen and oxygen atoms in total. The molecule has 1 aliphatic rings. The third-order valence-corrected chi connectivity index (χ3v) is 4.77. The van der Waals surface area contributed by atoms with E-state index in [1.54, 1.807) is 11.0 Å². The van der Waals surface area contributed by atoms with E-state index in [1.165, 1.54) is 23.9 Å². The fraction of sp³-hybridized carbons (Fsp3) is 0.333. The minimum Gasteiger partial charge on any atom is -0.324 e. The molecule has 1 saturated heterocycles. The van der Waals surface area contributed by atoms with Crippen LogP contribution in [-0.2, 0) is 19.6 Å². The molecule has 3 heterocycles. The van der Waals surface area contributed by atoms with E-state index in [-0.39, 0.29) is 23.4 Å². The van der Waals surface area contributed by atoms with Crippen LogP contribution in [0.3, 0.4) is 0 Å². The van der Waals surface area contributed by atoms with E-state index in [0.29, 0.717) is 18.7 Å². The van der Waals surface area contributed by atoms with Crippen molar-refractivity contribution < 1.29 is 18.0 Å². The van der Waals surface area contributed by atoms with Gasteiger partial charge in [-0.15, -0.1) is 0 Å². The summed E-state index contributed by atoms with van der Waals surface area (Å²) in [7, 11) is 1.49. The third kappa shape index (κ3) is 3.04. The first kappa shape index (κ1) is 18.2. The second kappa shape index (κ2) is 6.47. The van der Waals surface area contributed by atoms with Crippen molar-refractivity contribution in [2.45, 2.75) is 19.0 Å². The molecule has 2 aromatic heterocycles. The number of aromatic nitrogens is 4. The Hall–Kier alpha value is -3.17. The van der Waals surface area contributed by atoms with Gasteiger partial charge in [-0.3, -0.25) is 4.57 Å². The Morgan fingerprint density at radius 2 is 2.00 bits per heavy atom. The average Bonchev–Trinajstić information content (AvgIpc) is 2.84. The predicted octanol–water partition coefficient (Wildman–Crippen LogP) is 2.41. The molecular weight excluding hydrogens is 375 g/mol. The standard InChI is InChI=1S/C18H16F3N5O2/c1-24-15-13(26(16(24)27)17(28)25-6-3-7-25)10-22-14(23-15)9-11-4-2-5-12(8-11)18(19,20)21/h2,4-5,8,10H,3,6-7,9H2,1H3. The summed E-state index contributed by atoms with van der Waals surface area (Å²) in [6.07, 6.45) is -2.11. The van der Waals surface area contributed by atoms with Crippen LogP contribution in [0, 0.1) is 0 Å². The maximum absolute atomic E-state index is 12.9. The lowest BCUT2D eigenvalue weighted by Gasteiger charge is -2.30. The van der Waals surface area contributed by atoms with Crippen molar-refractivity contribution in [3.8, 4) is 0 Å². The fourth-order valence-electron chi connectivity index (χ4n) is 3.11. The summed E-state index contributed by atoms with van der Waals surface area (Å²) in [6.45, 7) is 1.19. The van der Waals surface area contributed by atoms with Gasteiger partial charge in [-0.25, -0.2) is 24.1 Å². The van der Waals surface area contributed by atoms with Crippen molar-refractivity contribution in [2.24, 2.45) is 7.05 Å². The number of imidazole rings is 1. The minimum atomic E-state index is -4.43. The van der Waals surface area contributed by atoms with Crippen LogP contribution in [0.15, 0.2) is 35.3 Å². The van der Waals surface area contributed by atoms with Crippen LogP contribution in [-0.4, -0.2) is 43.1 Å². The molecule has 1 amide bonds. The summed E-state index contributed by atoms with van der Waals surface area (Å²) in [6, 6.07) is 4.51. The first-order valence-electron chi connectivity index (χ1n) is 8.64. The Labute approximate surface area is 157 Å². The Morgan fingerprint density at radius 3 is 2.64 bits per heavy atom. The highest BCUT2D eigenvalue weighted by molar-refractivity contribution is 5.87. The van der Waals surface area contributed by atoms with Gasteiger partial charge in [0.25, 0.3) is 0 Å². The topological polar surface area (TPSA) is 73.0 Å². The molecule has 146 valence electrons. The molecule has 28 heavy (non-hydrogen) atoms. The van der Waals surface area contributed by atoms with Gasteiger partial charge < -0.3 is 4.90 Å². The van der Waals surface area contributed by atoms with E-state index in [4.69, 9.17) is 0 Å². The van der Waals surface area contributed by atoms with E-state index in [9.17, 15) is 22.8 Å². The Balaban J connectivity index is 1.70. The quantitative estimate of drug-likeness (QED) is 0.673. The second-order valence-electron chi connectivity index (χ2n) is 6.67. The molecule has 1 aliphatic heterocycles. The van der Waals surface area contributed by atoms with Gasteiger partial charge in [0, 0.05) is 26.6 Å². The highest BCUT2D eigenvalue weighted by Gasteiger charge is 2.30. The number of carbonyl (C=O) groups is 1. The van der Waals surface area contributed by atoms with Crippen molar-refractivity contribution >= 4 is 17.2 Å². The van der Waals surface area contributed by atoms with Crippen LogP contribution < -0.4 is 5.69 Å². The molecule has 0 bridgehead atoms. The van der Waals surface area contributed by atoms with E-state index < -0.39 is 23.5 Å². The molecule has 4 rings (SSSR count). The Kier molecular flexibility index (Phi) is 4.20. The summed E-state index contributed by atoms with van der Waals surface area (Å²) in [5.41, 5.74) is -0.342. The molecule has 0 N–H and O–H groups in total. The molecule has 10 heteroatoms. The molecule has 1 fully saturated rings. The van der Waals surface area contributed by atoms with Crippen molar-refractivity contribution in [1.82, 2.24) is 24.0 Å². The zero-order valence-electron chi connectivity index (χ0n) is 14.9. The van der Waals surface area contributed by atoms with Gasteiger partial charge in [0.1, 0.15) is 11.3 Å². The maximum atomic E-state index is 12.9. The number of rotatable bonds is 2. The number of fused-ring (bicyclic) bond motifs is 1. The first-order chi connectivity index (χ1) is 13.3. The number of amides is 1. The number of carbonyl (C=O) groups excluding carboxylic acids is 1. The SMILES string of the molecule is Cn1c(=O)n(C(=O)N2CCC2)c2cnc(Cc3cccc(C(F)(F)F)c3)nc21. The fourth-order valence-corrected chi connectivity index (χ4v) is 3.11. The zero-order chi connectivity index (χ0) is 20.1. The zero-order valence-corrected chi connectivity index (χ0v) is 14.9. The van der Waals surface area contributed by atoms with Gasteiger partial charge >= 0.3 is 17.9 Å². The van der Waals surface area contributed by atoms with E-state index in [0.717, 1.165) is 23.1 Å². The number of benzene rings is 1.